The van der Waals surface area contributed by atoms with Gasteiger partial charge in [-0.15, -0.1) is 0 Å². The van der Waals surface area contributed by atoms with Crippen molar-refractivity contribution in [1.82, 2.24) is 0 Å². The smallest absolute Gasteiger partial charge is 0.187 e. The monoisotopic (exact) mass is 388 g/mol. The van der Waals surface area contributed by atoms with Crippen molar-refractivity contribution in [3.63, 3.8) is 0 Å². The normalized spacial score (nSPS) is 37.8. The first-order valence-corrected chi connectivity index (χ1v) is 9.40. The summed E-state index contributed by atoms with van der Waals surface area (Å²) in [5.74, 6) is -0.00427. The molecule has 1 aliphatic heterocycles. The van der Waals surface area contributed by atoms with E-state index in [0.29, 0.717) is 19.3 Å². The summed E-state index contributed by atoms with van der Waals surface area (Å²) < 4.78 is 11.0. The lowest BCUT2D eigenvalue weighted by Gasteiger charge is -2.42. The molecule has 0 bridgehead atoms. The summed E-state index contributed by atoms with van der Waals surface area (Å²) in [6.07, 6.45) is -3.96. The zero-order valence-corrected chi connectivity index (χ0v) is 16.1. The molecule has 1 aliphatic carbocycles. The molecule has 0 aromatic rings. The van der Waals surface area contributed by atoms with Gasteiger partial charge in [-0.2, -0.15) is 0 Å². The van der Waals surface area contributed by atoms with Gasteiger partial charge in [0, 0.05) is 6.42 Å². The summed E-state index contributed by atoms with van der Waals surface area (Å²) in [7, 11) is 0. The number of rotatable bonds is 7. The summed E-state index contributed by atoms with van der Waals surface area (Å²) in [5.41, 5.74) is 0.447. The first kappa shape index (κ1) is 22.4. The number of ketones is 1. The third kappa shape index (κ3) is 5.35. The Morgan fingerprint density at radius 3 is 2.52 bits per heavy atom. The molecule has 7 atom stereocenters. The minimum Gasteiger partial charge on any atom is -0.394 e. The number of hydrogen-bond donors (Lipinski definition) is 5. The largest absolute Gasteiger partial charge is 0.394 e. The SMILES string of the molecule is C[C@H](O)CC[C@H]1C(CO[C@@H]2O[C@H](CO)[C@@H](O)[C@H](O)[C@H]2O)=CC(=O)CC1(C)C. The molecule has 0 amide bonds. The number of allylic oxidation sites excluding steroid dienone is 1. The molecule has 1 heterocycles. The Morgan fingerprint density at radius 2 is 1.93 bits per heavy atom. The molecule has 2 rings (SSSR count). The summed E-state index contributed by atoms with van der Waals surface area (Å²) in [4.78, 5) is 12.1. The van der Waals surface area contributed by atoms with Crippen LogP contribution in [0.1, 0.15) is 40.0 Å². The van der Waals surface area contributed by atoms with Crippen LogP contribution >= 0.6 is 0 Å². The maximum absolute atomic E-state index is 12.1. The molecule has 1 saturated heterocycles. The van der Waals surface area contributed by atoms with E-state index in [-0.39, 0.29) is 23.7 Å². The van der Waals surface area contributed by atoms with Gasteiger partial charge in [-0.05, 0) is 42.7 Å². The van der Waals surface area contributed by atoms with Crippen LogP contribution in [0.25, 0.3) is 0 Å². The molecule has 1 fully saturated rings. The first-order chi connectivity index (χ1) is 12.6. The second-order valence-electron chi connectivity index (χ2n) is 8.34. The molecule has 156 valence electrons. The Kier molecular flexibility index (Phi) is 7.54. The lowest BCUT2D eigenvalue weighted by Crippen LogP contribution is -2.59. The number of hydrogen-bond acceptors (Lipinski definition) is 8. The molecule has 0 radical (unpaired) electrons. The van der Waals surface area contributed by atoms with Gasteiger partial charge >= 0.3 is 0 Å². The second-order valence-corrected chi connectivity index (χ2v) is 8.34. The average Bonchev–Trinajstić information content (AvgIpc) is 2.57. The number of carbonyl (C=O) groups excluding carboxylic acids is 1. The number of aliphatic hydroxyl groups is 5. The van der Waals surface area contributed by atoms with E-state index in [2.05, 4.69) is 0 Å². The molecular weight excluding hydrogens is 356 g/mol. The van der Waals surface area contributed by atoms with Crippen LogP contribution in [0, 0.1) is 11.3 Å². The van der Waals surface area contributed by atoms with Gasteiger partial charge in [0.15, 0.2) is 12.1 Å². The number of ether oxygens (including phenoxy) is 2. The predicted octanol–water partition coefficient (Wildman–Crippen LogP) is -0.495. The fraction of sp³-hybridized carbons (Fsp3) is 0.842. The van der Waals surface area contributed by atoms with Gasteiger partial charge in [0.05, 0.1) is 19.3 Å². The Balaban J connectivity index is 2.09. The quantitative estimate of drug-likeness (QED) is 0.394. The Hall–Kier alpha value is -0.870. The van der Waals surface area contributed by atoms with Crippen LogP contribution in [0.4, 0.5) is 0 Å². The summed E-state index contributed by atoms with van der Waals surface area (Å²) in [5, 5.41) is 48.7. The molecule has 0 aromatic heterocycles. The standard InChI is InChI=1S/C19H32O8/c1-10(21)4-5-13-11(6-12(22)7-19(13,2)3)9-26-18-17(25)16(24)15(23)14(8-20)27-18/h6,10,13-18,20-21,23-25H,4-5,7-9H2,1-3H3/t10-,13-,14+,15+,16-,17+,18+/m0/s1. The van der Waals surface area contributed by atoms with Crippen molar-refractivity contribution < 1.29 is 39.8 Å². The van der Waals surface area contributed by atoms with Crippen LogP contribution in [0.2, 0.25) is 0 Å². The summed E-state index contributed by atoms with van der Waals surface area (Å²) in [6.45, 7) is 5.18. The van der Waals surface area contributed by atoms with Crippen LogP contribution in [-0.4, -0.2) is 81.3 Å². The van der Waals surface area contributed by atoms with Crippen LogP contribution in [0.3, 0.4) is 0 Å². The molecular formula is C19H32O8. The zero-order valence-electron chi connectivity index (χ0n) is 16.1. The minimum absolute atomic E-state index is 0.00232. The lowest BCUT2D eigenvalue weighted by atomic mass is 9.66. The second kappa shape index (κ2) is 9.09. The number of carbonyl (C=O) groups is 1. The maximum Gasteiger partial charge on any atom is 0.187 e. The van der Waals surface area contributed by atoms with Crippen molar-refractivity contribution in [3.8, 4) is 0 Å². The summed E-state index contributed by atoms with van der Waals surface area (Å²) >= 11 is 0. The van der Waals surface area contributed by atoms with Gasteiger partial charge in [-0.1, -0.05) is 13.8 Å². The van der Waals surface area contributed by atoms with E-state index < -0.39 is 43.4 Å². The topological polar surface area (TPSA) is 137 Å². The highest BCUT2D eigenvalue weighted by molar-refractivity contribution is 5.92. The van der Waals surface area contributed by atoms with Gasteiger partial charge in [0.2, 0.25) is 0 Å². The van der Waals surface area contributed by atoms with Crippen molar-refractivity contribution in [2.24, 2.45) is 11.3 Å². The molecule has 5 N–H and O–H groups in total. The third-order valence-electron chi connectivity index (χ3n) is 5.50. The number of aliphatic hydroxyl groups excluding tert-OH is 5. The zero-order chi connectivity index (χ0) is 20.4. The Labute approximate surface area is 159 Å². The molecule has 0 unspecified atom stereocenters. The Morgan fingerprint density at radius 1 is 1.26 bits per heavy atom. The van der Waals surface area contributed by atoms with E-state index in [0.717, 1.165) is 5.57 Å². The molecule has 27 heavy (non-hydrogen) atoms. The van der Waals surface area contributed by atoms with Gasteiger partial charge in [0.25, 0.3) is 0 Å². The summed E-state index contributed by atoms with van der Waals surface area (Å²) in [6, 6.07) is 0. The van der Waals surface area contributed by atoms with Crippen molar-refractivity contribution in [2.75, 3.05) is 13.2 Å². The molecule has 0 saturated carbocycles. The first-order valence-electron chi connectivity index (χ1n) is 9.40. The Bertz CT molecular complexity index is 542. The van der Waals surface area contributed by atoms with Gasteiger partial charge < -0.3 is 35.0 Å². The fourth-order valence-electron chi connectivity index (χ4n) is 3.94. The van der Waals surface area contributed by atoms with E-state index >= 15 is 0 Å². The maximum atomic E-state index is 12.1. The van der Waals surface area contributed by atoms with Gasteiger partial charge in [-0.3, -0.25) is 4.79 Å². The highest BCUT2D eigenvalue weighted by Crippen LogP contribution is 2.43. The lowest BCUT2D eigenvalue weighted by molar-refractivity contribution is -0.299. The fourth-order valence-corrected chi connectivity index (χ4v) is 3.94. The van der Waals surface area contributed by atoms with E-state index in [1.165, 1.54) is 0 Å². The molecule has 0 aromatic carbocycles. The predicted molar refractivity (Wildman–Crippen MR) is 95.6 cm³/mol. The van der Waals surface area contributed by atoms with Crippen LogP contribution in [0.15, 0.2) is 11.6 Å². The van der Waals surface area contributed by atoms with Crippen LogP contribution in [0.5, 0.6) is 0 Å². The molecule has 2 aliphatic rings. The highest BCUT2D eigenvalue weighted by atomic mass is 16.7. The van der Waals surface area contributed by atoms with Crippen LogP contribution in [-0.2, 0) is 14.3 Å². The van der Waals surface area contributed by atoms with Crippen molar-refractivity contribution >= 4 is 5.78 Å². The highest BCUT2D eigenvalue weighted by Gasteiger charge is 2.45. The van der Waals surface area contributed by atoms with E-state index in [9.17, 15) is 30.3 Å². The van der Waals surface area contributed by atoms with E-state index in [1.807, 2.05) is 13.8 Å². The van der Waals surface area contributed by atoms with Gasteiger partial charge in [0.1, 0.15) is 24.4 Å². The van der Waals surface area contributed by atoms with E-state index in [4.69, 9.17) is 9.47 Å². The molecule has 8 nitrogen and oxygen atoms in total. The minimum atomic E-state index is -1.51. The van der Waals surface area contributed by atoms with Crippen LogP contribution < -0.4 is 0 Å². The van der Waals surface area contributed by atoms with Crippen molar-refractivity contribution in [3.05, 3.63) is 11.6 Å². The third-order valence-corrected chi connectivity index (χ3v) is 5.50. The van der Waals surface area contributed by atoms with Crippen molar-refractivity contribution in [1.29, 1.82) is 0 Å². The van der Waals surface area contributed by atoms with Crippen molar-refractivity contribution in [2.45, 2.75) is 76.8 Å². The molecule has 8 heteroatoms. The average molecular weight is 388 g/mol. The molecule has 0 spiro atoms. The van der Waals surface area contributed by atoms with E-state index in [1.54, 1.807) is 13.0 Å². The van der Waals surface area contributed by atoms with Gasteiger partial charge in [-0.25, -0.2) is 0 Å².